The summed E-state index contributed by atoms with van der Waals surface area (Å²) in [7, 11) is 0. The van der Waals surface area contributed by atoms with Crippen molar-refractivity contribution in [2.75, 3.05) is 23.7 Å². The van der Waals surface area contributed by atoms with Crippen LogP contribution in [-0.2, 0) is 4.74 Å². The maximum absolute atomic E-state index is 11.6. The number of nitrogen functional groups attached to an aromatic ring is 1. The molecule has 22 heavy (non-hydrogen) atoms. The Morgan fingerprint density at radius 1 is 1.50 bits per heavy atom. The lowest BCUT2D eigenvalue weighted by molar-refractivity contribution is 0.0604. The average molecular weight is 304 g/mol. The van der Waals surface area contributed by atoms with E-state index in [0.29, 0.717) is 5.82 Å². The number of carbonyl (C=O) groups is 1. The van der Waals surface area contributed by atoms with Crippen LogP contribution in [0.5, 0.6) is 0 Å². The van der Waals surface area contributed by atoms with Gasteiger partial charge in [-0.3, -0.25) is 0 Å². The first-order chi connectivity index (χ1) is 10.3. The molecular weight excluding hydrogens is 280 g/mol. The van der Waals surface area contributed by atoms with Crippen molar-refractivity contribution in [3.05, 3.63) is 18.3 Å². The second kappa shape index (κ2) is 6.77. The highest BCUT2D eigenvalue weighted by Gasteiger charge is 2.20. The molecule has 0 radical (unpaired) electrons. The number of rotatable bonds is 2. The molecule has 1 fully saturated rings. The molecule has 0 bridgehead atoms. The van der Waals surface area contributed by atoms with Crippen LogP contribution in [0, 0.1) is 5.92 Å². The fraction of sp³-hybridized carbons (Fsp3) is 0.562. The molecule has 6 heteroatoms. The number of hydrogen-bond donors (Lipinski definition) is 1. The van der Waals surface area contributed by atoms with Gasteiger partial charge in [0.1, 0.15) is 11.4 Å². The van der Waals surface area contributed by atoms with Crippen molar-refractivity contribution in [2.24, 2.45) is 10.9 Å². The summed E-state index contributed by atoms with van der Waals surface area (Å²) >= 11 is 0. The summed E-state index contributed by atoms with van der Waals surface area (Å²) < 4.78 is 5.18. The molecule has 1 aliphatic rings. The highest BCUT2D eigenvalue weighted by molar-refractivity contribution is 5.80. The van der Waals surface area contributed by atoms with Crippen molar-refractivity contribution in [3.8, 4) is 0 Å². The first kappa shape index (κ1) is 16.3. The van der Waals surface area contributed by atoms with Crippen LogP contribution in [0.4, 0.5) is 16.3 Å². The zero-order chi connectivity index (χ0) is 16.2. The Morgan fingerprint density at radius 2 is 2.27 bits per heavy atom. The zero-order valence-electron chi connectivity index (χ0n) is 13.5. The molecule has 1 amide bonds. The van der Waals surface area contributed by atoms with E-state index in [1.165, 1.54) is 0 Å². The van der Waals surface area contributed by atoms with E-state index in [9.17, 15) is 4.79 Å². The van der Waals surface area contributed by atoms with Gasteiger partial charge in [0.15, 0.2) is 0 Å². The molecule has 0 aliphatic carbocycles. The van der Waals surface area contributed by atoms with Crippen molar-refractivity contribution in [1.82, 2.24) is 4.98 Å². The summed E-state index contributed by atoms with van der Waals surface area (Å²) in [6, 6.07) is 3.77. The predicted molar refractivity (Wildman–Crippen MR) is 88.3 cm³/mol. The van der Waals surface area contributed by atoms with E-state index in [2.05, 4.69) is 14.9 Å². The van der Waals surface area contributed by atoms with Crippen molar-refractivity contribution in [2.45, 2.75) is 39.2 Å². The highest BCUT2D eigenvalue weighted by Crippen LogP contribution is 2.22. The summed E-state index contributed by atoms with van der Waals surface area (Å²) in [5.41, 5.74) is 6.15. The first-order valence-electron chi connectivity index (χ1n) is 7.57. The molecule has 1 aromatic heterocycles. The summed E-state index contributed by atoms with van der Waals surface area (Å²) in [4.78, 5) is 21.9. The van der Waals surface area contributed by atoms with E-state index in [0.717, 1.165) is 31.6 Å². The summed E-state index contributed by atoms with van der Waals surface area (Å²) in [5.74, 6) is 0.752. The van der Waals surface area contributed by atoms with Gasteiger partial charge in [-0.25, -0.2) is 9.78 Å². The van der Waals surface area contributed by atoms with Gasteiger partial charge in [-0.05, 0) is 45.7 Å². The number of pyridine rings is 1. The van der Waals surface area contributed by atoms with Crippen molar-refractivity contribution >= 4 is 23.8 Å². The predicted octanol–water partition coefficient (Wildman–Crippen LogP) is 2.89. The minimum atomic E-state index is -0.529. The van der Waals surface area contributed by atoms with E-state index >= 15 is 0 Å². The number of aliphatic imine (C=N–C) groups is 1. The highest BCUT2D eigenvalue weighted by atomic mass is 16.6. The van der Waals surface area contributed by atoms with Gasteiger partial charge in [0.2, 0.25) is 0 Å². The Kier molecular flexibility index (Phi) is 5.00. The zero-order valence-corrected chi connectivity index (χ0v) is 13.5. The van der Waals surface area contributed by atoms with Crippen LogP contribution in [0.15, 0.2) is 23.3 Å². The maximum atomic E-state index is 11.6. The number of aromatic nitrogens is 1. The first-order valence-corrected chi connectivity index (χ1v) is 7.57. The van der Waals surface area contributed by atoms with Crippen molar-refractivity contribution in [3.63, 3.8) is 0 Å². The second-order valence-corrected chi connectivity index (χ2v) is 6.55. The van der Waals surface area contributed by atoms with E-state index in [1.807, 2.05) is 26.8 Å². The summed E-state index contributed by atoms with van der Waals surface area (Å²) in [5, 5.41) is 0. The fourth-order valence-corrected chi connectivity index (χ4v) is 2.41. The van der Waals surface area contributed by atoms with E-state index in [-0.39, 0.29) is 5.92 Å². The van der Waals surface area contributed by atoms with Crippen LogP contribution in [0.25, 0.3) is 0 Å². The second-order valence-electron chi connectivity index (χ2n) is 6.55. The average Bonchev–Trinajstić information content (AvgIpc) is 2.44. The topological polar surface area (TPSA) is 80.8 Å². The van der Waals surface area contributed by atoms with Gasteiger partial charge in [-0.1, -0.05) is 0 Å². The van der Waals surface area contributed by atoms with Crippen LogP contribution in [0.1, 0.15) is 33.6 Å². The minimum absolute atomic E-state index is 0.235. The molecule has 6 nitrogen and oxygen atoms in total. The molecular formula is C16H24N4O2. The summed E-state index contributed by atoms with van der Waals surface area (Å²) in [6.07, 6.45) is 5.03. The third-order valence-corrected chi connectivity index (χ3v) is 3.38. The van der Waals surface area contributed by atoms with Gasteiger partial charge in [0, 0.05) is 25.2 Å². The fourth-order valence-electron chi connectivity index (χ4n) is 2.41. The molecule has 2 rings (SSSR count). The van der Waals surface area contributed by atoms with Gasteiger partial charge in [0.05, 0.1) is 11.9 Å². The van der Waals surface area contributed by atoms with Crippen LogP contribution >= 0.6 is 0 Å². The number of hydrogen-bond acceptors (Lipinski definition) is 5. The lowest BCUT2D eigenvalue weighted by Gasteiger charge is -2.32. The molecule has 0 saturated carbocycles. The summed E-state index contributed by atoms with van der Waals surface area (Å²) in [6.45, 7) is 7.28. The van der Waals surface area contributed by atoms with E-state index in [4.69, 9.17) is 10.5 Å². The Labute approximate surface area is 131 Å². The van der Waals surface area contributed by atoms with Gasteiger partial charge in [-0.15, -0.1) is 0 Å². The number of anilines is 2. The Hall–Kier alpha value is -2.11. The molecule has 1 atom stereocenters. The maximum Gasteiger partial charge on any atom is 0.433 e. The quantitative estimate of drug-likeness (QED) is 0.850. The molecule has 1 unspecified atom stereocenters. The lowest BCUT2D eigenvalue weighted by Crippen LogP contribution is -2.36. The number of nitrogens with two attached hydrogens (primary N) is 1. The number of piperidine rings is 1. The molecule has 1 aliphatic heterocycles. The third-order valence-electron chi connectivity index (χ3n) is 3.38. The van der Waals surface area contributed by atoms with Gasteiger partial charge >= 0.3 is 6.09 Å². The molecule has 2 N–H and O–H groups in total. The molecule has 1 saturated heterocycles. The normalized spacial score (nSPS) is 19.4. The minimum Gasteiger partial charge on any atom is -0.442 e. The molecule has 1 aromatic rings. The molecule has 2 heterocycles. The third kappa shape index (κ3) is 5.02. The Bertz CT molecular complexity index is 534. The number of nitrogens with zero attached hydrogens (tertiary/aromatic N) is 3. The van der Waals surface area contributed by atoms with Crippen molar-refractivity contribution < 1.29 is 9.53 Å². The Balaban J connectivity index is 1.93. The standard InChI is InChI=1S/C16H24N4O2/c1-16(2,3)22-15(21)19-9-12-5-4-8-20(11-12)13-6-7-14(17)18-10-13/h6-7,9-10,12H,4-5,8,11H2,1-3H3,(H2,17,18)/b19-9+. The lowest BCUT2D eigenvalue weighted by atomic mass is 9.99. The number of carbonyl (C=O) groups excluding carboxylic acids is 1. The van der Waals surface area contributed by atoms with Gasteiger partial charge in [-0.2, -0.15) is 4.99 Å². The van der Waals surface area contributed by atoms with E-state index < -0.39 is 11.7 Å². The monoisotopic (exact) mass is 304 g/mol. The SMILES string of the molecule is CC(C)(C)OC(=O)/N=C/C1CCCN(c2ccc(N)nc2)C1. The molecule has 120 valence electrons. The molecule has 0 aromatic carbocycles. The van der Waals surface area contributed by atoms with Crippen LogP contribution in [-0.4, -0.2) is 36.0 Å². The van der Waals surface area contributed by atoms with Crippen LogP contribution < -0.4 is 10.6 Å². The van der Waals surface area contributed by atoms with Crippen molar-refractivity contribution in [1.29, 1.82) is 0 Å². The van der Waals surface area contributed by atoms with Crippen LogP contribution in [0.2, 0.25) is 0 Å². The van der Waals surface area contributed by atoms with Crippen LogP contribution in [0.3, 0.4) is 0 Å². The van der Waals surface area contributed by atoms with E-state index in [1.54, 1.807) is 18.5 Å². The smallest absolute Gasteiger partial charge is 0.433 e. The van der Waals surface area contributed by atoms with Gasteiger partial charge < -0.3 is 15.4 Å². The molecule has 0 spiro atoms. The number of ether oxygens (including phenoxy) is 1. The number of amides is 1. The largest absolute Gasteiger partial charge is 0.442 e. The Morgan fingerprint density at radius 3 is 2.91 bits per heavy atom. The van der Waals surface area contributed by atoms with Gasteiger partial charge in [0.25, 0.3) is 0 Å².